The van der Waals surface area contributed by atoms with E-state index in [0.29, 0.717) is 0 Å². The second-order valence-electron chi connectivity index (χ2n) is 6.62. The zero-order chi connectivity index (χ0) is 13.4. The van der Waals surface area contributed by atoms with Crippen LogP contribution in [-0.2, 0) is 19.5 Å². The summed E-state index contributed by atoms with van der Waals surface area (Å²) in [5.41, 5.74) is 2.86. The third-order valence-electron chi connectivity index (χ3n) is 5.05. The standard InChI is InChI=1S/C16H26N4/c1-2-8-19(9-3-1)10-11-20-15-6-7-17-12-14(15)18-16(20)13-4-5-13/h13,17H,1-12H2. The van der Waals surface area contributed by atoms with Gasteiger partial charge in [0.2, 0.25) is 0 Å². The van der Waals surface area contributed by atoms with E-state index in [4.69, 9.17) is 4.98 Å². The lowest BCUT2D eigenvalue weighted by Gasteiger charge is -2.27. The van der Waals surface area contributed by atoms with Crippen LogP contribution in [0.15, 0.2) is 0 Å². The van der Waals surface area contributed by atoms with Crippen molar-refractivity contribution in [3.63, 3.8) is 0 Å². The largest absolute Gasteiger partial charge is 0.330 e. The van der Waals surface area contributed by atoms with Crippen molar-refractivity contribution in [3.8, 4) is 0 Å². The zero-order valence-corrected chi connectivity index (χ0v) is 12.4. The molecule has 0 unspecified atom stereocenters. The van der Waals surface area contributed by atoms with Crippen LogP contribution in [0.3, 0.4) is 0 Å². The van der Waals surface area contributed by atoms with E-state index < -0.39 is 0 Å². The number of likely N-dealkylation sites (tertiary alicyclic amines) is 1. The Hall–Kier alpha value is -0.870. The third-order valence-corrected chi connectivity index (χ3v) is 5.05. The van der Waals surface area contributed by atoms with Gasteiger partial charge in [0.05, 0.1) is 5.69 Å². The second kappa shape index (κ2) is 5.49. The van der Waals surface area contributed by atoms with Gasteiger partial charge in [-0.3, -0.25) is 0 Å². The Balaban J connectivity index is 1.51. The average molecular weight is 274 g/mol. The van der Waals surface area contributed by atoms with Crippen LogP contribution in [0.4, 0.5) is 0 Å². The van der Waals surface area contributed by atoms with E-state index >= 15 is 0 Å². The molecule has 1 aromatic rings. The van der Waals surface area contributed by atoms with E-state index in [0.717, 1.165) is 32.0 Å². The predicted molar refractivity (Wildman–Crippen MR) is 79.9 cm³/mol. The summed E-state index contributed by atoms with van der Waals surface area (Å²) in [7, 11) is 0. The molecule has 0 amide bonds. The van der Waals surface area contributed by atoms with E-state index in [1.54, 1.807) is 0 Å². The maximum absolute atomic E-state index is 4.96. The first kappa shape index (κ1) is 12.8. The van der Waals surface area contributed by atoms with Crippen LogP contribution < -0.4 is 5.32 Å². The predicted octanol–water partition coefficient (Wildman–Crippen LogP) is 1.89. The molecule has 0 radical (unpaired) electrons. The highest BCUT2D eigenvalue weighted by Gasteiger charge is 2.31. The van der Waals surface area contributed by atoms with Crippen molar-refractivity contribution in [2.75, 3.05) is 26.2 Å². The van der Waals surface area contributed by atoms with E-state index in [9.17, 15) is 0 Å². The summed E-state index contributed by atoms with van der Waals surface area (Å²) in [6, 6.07) is 0. The van der Waals surface area contributed by atoms with Crippen LogP contribution in [0.25, 0.3) is 0 Å². The van der Waals surface area contributed by atoms with Crippen LogP contribution >= 0.6 is 0 Å². The zero-order valence-electron chi connectivity index (χ0n) is 12.4. The van der Waals surface area contributed by atoms with Crippen LogP contribution in [0, 0.1) is 0 Å². The molecule has 1 aliphatic carbocycles. The molecule has 4 nitrogen and oxygen atoms in total. The molecular formula is C16H26N4. The lowest BCUT2D eigenvalue weighted by Crippen LogP contribution is -2.33. The van der Waals surface area contributed by atoms with Crippen molar-refractivity contribution in [2.24, 2.45) is 0 Å². The monoisotopic (exact) mass is 274 g/mol. The van der Waals surface area contributed by atoms with E-state index in [-0.39, 0.29) is 0 Å². The molecule has 4 heteroatoms. The number of fused-ring (bicyclic) bond motifs is 1. The molecule has 0 bridgehead atoms. The highest BCUT2D eigenvalue weighted by Crippen LogP contribution is 2.40. The fourth-order valence-electron chi connectivity index (χ4n) is 3.72. The first-order valence-electron chi connectivity index (χ1n) is 8.43. The van der Waals surface area contributed by atoms with E-state index in [2.05, 4.69) is 14.8 Å². The molecule has 3 heterocycles. The molecule has 0 aromatic carbocycles. The van der Waals surface area contributed by atoms with Crippen LogP contribution in [0.1, 0.15) is 55.2 Å². The number of piperidine rings is 1. The first-order chi connectivity index (χ1) is 9.92. The number of nitrogens with one attached hydrogen (secondary N) is 1. The molecule has 1 saturated heterocycles. The van der Waals surface area contributed by atoms with Gasteiger partial charge in [-0.1, -0.05) is 6.42 Å². The summed E-state index contributed by atoms with van der Waals surface area (Å²) in [5, 5.41) is 3.46. The molecule has 20 heavy (non-hydrogen) atoms. The van der Waals surface area contributed by atoms with Gasteiger partial charge in [0.15, 0.2) is 0 Å². The normalized spacial score (nSPS) is 23.8. The lowest BCUT2D eigenvalue weighted by molar-refractivity contribution is 0.219. The Morgan fingerprint density at radius 2 is 1.95 bits per heavy atom. The van der Waals surface area contributed by atoms with Gasteiger partial charge in [-0.15, -0.1) is 0 Å². The number of nitrogens with zero attached hydrogens (tertiary/aromatic N) is 3. The molecule has 2 fully saturated rings. The molecule has 2 aliphatic heterocycles. The number of rotatable bonds is 4. The van der Waals surface area contributed by atoms with E-state index in [1.165, 1.54) is 69.0 Å². The first-order valence-corrected chi connectivity index (χ1v) is 8.43. The summed E-state index contributed by atoms with van der Waals surface area (Å²) < 4.78 is 2.59. The van der Waals surface area contributed by atoms with Crippen LogP contribution in [0.2, 0.25) is 0 Å². The Labute approximate surface area is 121 Å². The van der Waals surface area contributed by atoms with Gasteiger partial charge < -0.3 is 14.8 Å². The molecule has 110 valence electrons. The van der Waals surface area contributed by atoms with Crippen molar-refractivity contribution in [1.82, 2.24) is 19.8 Å². The fraction of sp³-hybridized carbons (Fsp3) is 0.812. The summed E-state index contributed by atoms with van der Waals surface area (Å²) >= 11 is 0. The molecule has 0 spiro atoms. The Morgan fingerprint density at radius 1 is 1.10 bits per heavy atom. The van der Waals surface area contributed by atoms with Gasteiger partial charge in [0.1, 0.15) is 5.82 Å². The molecule has 3 aliphatic rings. The number of hydrogen-bond acceptors (Lipinski definition) is 3. The summed E-state index contributed by atoms with van der Waals surface area (Å²) in [6.07, 6.45) is 8.08. The van der Waals surface area contributed by atoms with Gasteiger partial charge in [-0.25, -0.2) is 4.98 Å². The number of hydrogen-bond donors (Lipinski definition) is 1. The summed E-state index contributed by atoms with van der Waals surface area (Å²) in [6.45, 7) is 7.08. The second-order valence-corrected chi connectivity index (χ2v) is 6.62. The molecule has 4 rings (SSSR count). The van der Waals surface area contributed by atoms with Gasteiger partial charge in [0.25, 0.3) is 0 Å². The van der Waals surface area contributed by atoms with Crippen LogP contribution in [-0.4, -0.2) is 40.6 Å². The SMILES string of the molecule is C1CCN(CCn2c(C3CC3)nc3c2CCNC3)CC1. The minimum absolute atomic E-state index is 0.766. The quantitative estimate of drug-likeness (QED) is 0.910. The minimum Gasteiger partial charge on any atom is -0.330 e. The Morgan fingerprint density at radius 3 is 2.75 bits per heavy atom. The van der Waals surface area contributed by atoms with Crippen LogP contribution in [0.5, 0.6) is 0 Å². The van der Waals surface area contributed by atoms with Crippen molar-refractivity contribution in [3.05, 3.63) is 17.2 Å². The van der Waals surface area contributed by atoms with E-state index in [1.807, 2.05) is 0 Å². The van der Waals surface area contributed by atoms with Crippen molar-refractivity contribution < 1.29 is 0 Å². The highest BCUT2D eigenvalue weighted by atomic mass is 15.2. The number of aromatic nitrogens is 2. The van der Waals surface area contributed by atoms with Crippen molar-refractivity contribution >= 4 is 0 Å². The maximum Gasteiger partial charge on any atom is 0.112 e. The topological polar surface area (TPSA) is 33.1 Å². The summed E-state index contributed by atoms with van der Waals surface area (Å²) in [5.74, 6) is 2.16. The van der Waals surface area contributed by atoms with Gasteiger partial charge in [0, 0.05) is 44.2 Å². The highest BCUT2D eigenvalue weighted by molar-refractivity contribution is 5.24. The lowest BCUT2D eigenvalue weighted by atomic mass is 10.1. The Bertz CT molecular complexity index is 469. The van der Waals surface area contributed by atoms with Crippen molar-refractivity contribution in [2.45, 2.75) is 57.5 Å². The molecular weight excluding hydrogens is 248 g/mol. The Kier molecular flexibility index (Phi) is 3.52. The van der Waals surface area contributed by atoms with Gasteiger partial charge >= 0.3 is 0 Å². The smallest absolute Gasteiger partial charge is 0.112 e. The maximum atomic E-state index is 4.96. The molecule has 1 aromatic heterocycles. The third kappa shape index (κ3) is 2.51. The minimum atomic E-state index is 0.766. The average Bonchev–Trinajstić information content (AvgIpc) is 3.28. The van der Waals surface area contributed by atoms with Gasteiger partial charge in [-0.05, 0) is 38.8 Å². The summed E-state index contributed by atoms with van der Waals surface area (Å²) in [4.78, 5) is 7.60. The molecule has 1 saturated carbocycles. The fourth-order valence-corrected chi connectivity index (χ4v) is 3.72. The number of imidazole rings is 1. The van der Waals surface area contributed by atoms with Crippen molar-refractivity contribution in [1.29, 1.82) is 0 Å². The molecule has 0 atom stereocenters. The molecule has 1 N–H and O–H groups in total. The van der Waals surface area contributed by atoms with Gasteiger partial charge in [-0.2, -0.15) is 0 Å².